The Bertz CT molecular complexity index is 286. The zero-order chi connectivity index (χ0) is 13.7. The highest BCUT2D eigenvalue weighted by atomic mass is 16.5. The lowest BCUT2D eigenvalue weighted by molar-refractivity contribution is -0.133. The standard InChI is InChI=1S/C15H28N2O2/c1-12(13-7-8-13)17(9-10-19-2)15(18)11-16-14-5-3-4-6-14/h12-14,16H,3-11H2,1-2H3. The van der Waals surface area contributed by atoms with Gasteiger partial charge in [0, 0.05) is 25.7 Å². The van der Waals surface area contributed by atoms with Crippen LogP contribution in [0.4, 0.5) is 0 Å². The van der Waals surface area contributed by atoms with Crippen molar-refractivity contribution < 1.29 is 9.53 Å². The van der Waals surface area contributed by atoms with E-state index in [1.165, 1.54) is 38.5 Å². The Hall–Kier alpha value is -0.610. The molecule has 110 valence electrons. The van der Waals surface area contributed by atoms with Crippen molar-refractivity contribution in [2.45, 2.75) is 57.5 Å². The Morgan fingerprint density at radius 3 is 2.58 bits per heavy atom. The molecular weight excluding hydrogens is 240 g/mol. The second kappa shape index (κ2) is 7.25. The molecule has 4 heteroatoms. The smallest absolute Gasteiger partial charge is 0.236 e. The van der Waals surface area contributed by atoms with Crippen molar-refractivity contribution in [3.8, 4) is 0 Å². The van der Waals surface area contributed by atoms with Gasteiger partial charge >= 0.3 is 0 Å². The van der Waals surface area contributed by atoms with Crippen molar-refractivity contribution in [2.24, 2.45) is 5.92 Å². The van der Waals surface area contributed by atoms with Crippen LogP contribution in [0.1, 0.15) is 45.4 Å². The van der Waals surface area contributed by atoms with E-state index in [4.69, 9.17) is 4.74 Å². The maximum Gasteiger partial charge on any atom is 0.236 e. The van der Waals surface area contributed by atoms with Gasteiger partial charge in [-0.1, -0.05) is 12.8 Å². The lowest BCUT2D eigenvalue weighted by atomic mass is 10.1. The molecule has 4 nitrogen and oxygen atoms in total. The molecule has 2 aliphatic carbocycles. The van der Waals surface area contributed by atoms with E-state index in [0.29, 0.717) is 31.2 Å². The van der Waals surface area contributed by atoms with E-state index in [1.54, 1.807) is 7.11 Å². The molecule has 0 spiro atoms. The molecule has 19 heavy (non-hydrogen) atoms. The first-order valence-electron chi connectivity index (χ1n) is 7.74. The third-order valence-electron chi connectivity index (χ3n) is 4.55. The van der Waals surface area contributed by atoms with Gasteiger partial charge in [-0.25, -0.2) is 0 Å². The van der Waals surface area contributed by atoms with E-state index in [-0.39, 0.29) is 5.91 Å². The van der Waals surface area contributed by atoms with E-state index in [0.717, 1.165) is 6.54 Å². The molecule has 1 amide bonds. The van der Waals surface area contributed by atoms with Gasteiger partial charge in [-0.2, -0.15) is 0 Å². The molecule has 0 saturated heterocycles. The second-order valence-electron chi connectivity index (χ2n) is 6.02. The summed E-state index contributed by atoms with van der Waals surface area (Å²) in [6.07, 6.45) is 7.60. The summed E-state index contributed by atoms with van der Waals surface area (Å²) in [6, 6.07) is 0.928. The molecule has 0 radical (unpaired) electrons. The van der Waals surface area contributed by atoms with Crippen LogP contribution in [0.25, 0.3) is 0 Å². The van der Waals surface area contributed by atoms with Gasteiger partial charge in [-0.3, -0.25) is 4.79 Å². The predicted molar refractivity (Wildman–Crippen MR) is 76.0 cm³/mol. The molecule has 0 heterocycles. The molecule has 2 rings (SSSR count). The van der Waals surface area contributed by atoms with Crippen molar-refractivity contribution in [1.29, 1.82) is 0 Å². The largest absolute Gasteiger partial charge is 0.383 e. The number of hydrogen-bond donors (Lipinski definition) is 1. The van der Waals surface area contributed by atoms with Gasteiger partial charge in [0.25, 0.3) is 0 Å². The highest BCUT2D eigenvalue weighted by Crippen LogP contribution is 2.35. The Morgan fingerprint density at radius 2 is 2.00 bits per heavy atom. The summed E-state index contributed by atoms with van der Waals surface area (Å²) >= 11 is 0. The van der Waals surface area contributed by atoms with Crippen LogP contribution in [-0.2, 0) is 9.53 Å². The number of carbonyl (C=O) groups is 1. The number of hydrogen-bond acceptors (Lipinski definition) is 3. The van der Waals surface area contributed by atoms with E-state index < -0.39 is 0 Å². The van der Waals surface area contributed by atoms with Crippen molar-refractivity contribution >= 4 is 5.91 Å². The zero-order valence-corrected chi connectivity index (χ0v) is 12.4. The summed E-state index contributed by atoms with van der Waals surface area (Å²) in [7, 11) is 1.70. The first-order chi connectivity index (χ1) is 9.22. The Balaban J connectivity index is 1.79. The molecule has 0 aliphatic heterocycles. The average molecular weight is 268 g/mol. The number of ether oxygens (including phenoxy) is 1. The van der Waals surface area contributed by atoms with Gasteiger partial charge in [0.15, 0.2) is 0 Å². The summed E-state index contributed by atoms with van der Waals surface area (Å²) in [5, 5.41) is 3.42. The van der Waals surface area contributed by atoms with Crippen LogP contribution in [-0.4, -0.2) is 49.7 Å². The van der Waals surface area contributed by atoms with Crippen LogP contribution in [0.15, 0.2) is 0 Å². The highest BCUT2D eigenvalue weighted by Gasteiger charge is 2.34. The van der Waals surface area contributed by atoms with E-state index in [2.05, 4.69) is 12.2 Å². The normalized spacial score (nSPS) is 21.6. The number of amides is 1. The van der Waals surface area contributed by atoms with Gasteiger partial charge in [0.05, 0.1) is 13.2 Å². The van der Waals surface area contributed by atoms with Crippen LogP contribution in [0, 0.1) is 5.92 Å². The minimum absolute atomic E-state index is 0.239. The fourth-order valence-corrected chi connectivity index (χ4v) is 3.04. The average Bonchev–Trinajstić information content (AvgIpc) is 3.13. The van der Waals surface area contributed by atoms with Crippen molar-refractivity contribution in [3.63, 3.8) is 0 Å². The molecule has 0 bridgehead atoms. The van der Waals surface area contributed by atoms with Crippen molar-refractivity contribution in [1.82, 2.24) is 10.2 Å². The predicted octanol–water partition coefficient (Wildman–Crippen LogP) is 1.79. The molecule has 1 atom stereocenters. The SMILES string of the molecule is COCCN(C(=O)CNC1CCCC1)C(C)C1CC1. The topological polar surface area (TPSA) is 41.6 Å². The monoisotopic (exact) mass is 268 g/mol. The summed E-state index contributed by atoms with van der Waals surface area (Å²) in [6.45, 7) is 4.03. The lowest BCUT2D eigenvalue weighted by Gasteiger charge is -2.30. The van der Waals surface area contributed by atoms with Gasteiger partial charge in [-0.15, -0.1) is 0 Å². The number of nitrogens with zero attached hydrogens (tertiary/aromatic N) is 1. The Labute approximate surface area is 116 Å². The van der Waals surface area contributed by atoms with Crippen LogP contribution in [0.2, 0.25) is 0 Å². The summed E-state index contributed by atoms with van der Waals surface area (Å²) in [5.74, 6) is 0.954. The lowest BCUT2D eigenvalue weighted by Crippen LogP contribution is -2.47. The zero-order valence-electron chi connectivity index (χ0n) is 12.4. The Kier molecular flexibility index (Phi) is 5.64. The fourth-order valence-electron chi connectivity index (χ4n) is 3.04. The first kappa shape index (κ1) is 14.8. The fraction of sp³-hybridized carbons (Fsp3) is 0.933. The molecule has 1 unspecified atom stereocenters. The van der Waals surface area contributed by atoms with Crippen LogP contribution >= 0.6 is 0 Å². The quantitative estimate of drug-likeness (QED) is 0.730. The molecule has 2 aliphatic rings. The summed E-state index contributed by atoms with van der Waals surface area (Å²) < 4.78 is 5.14. The number of carbonyl (C=O) groups excluding carboxylic acids is 1. The van der Waals surface area contributed by atoms with E-state index in [1.807, 2.05) is 4.90 Å². The van der Waals surface area contributed by atoms with Gasteiger partial charge in [0.2, 0.25) is 5.91 Å². The number of methoxy groups -OCH3 is 1. The first-order valence-corrected chi connectivity index (χ1v) is 7.74. The maximum atomic E-state index is 12.4. The third-order valence-corrected chi connectivity index (χ3v) is 4.55. The van der Waals surface area contributed by atoms with Gasteiger partial charge in [0.1, 0.15) is 0 Å². The van der Waals surface area contributed by atoms with Gasteiger partial charge in [-0.05, 0) is 38.5 Å². The van der Waals surface area contributed by atoms with Crippen molar-refractivity contribution in [2.75, 3.05) is 26.8 Å². The van der Waals surface area contributed by atoms with Crippen molar-refractivity contribution in [3.05, 3.63) is 0 Å². The molecule has 1 N–H and O–H groups in total. The summed E-state index contributed by atoms with van der Waals surface area (Å²) in [4.78, 5) is 14.4. The highest BCUT2D eigenvalue weighted by molar-refractivity contribution is 5.78. The molecule has 2 fully saturated rings. The Morgan fingerprint density at radius 1 is 1.32 bits per heavy atom. The van der Waals surface area contributed by atoms with Crippen LogP contribution in [0.3, 0.4) is 0 Å². The molecular formula is C15H28N2O2. The maximum absolute atomic E-state index is 12.4. The van der Waals surface area contributed by atoms with Crippen LogP contribution < -0.4 is 5.32 Å². The molecule has 0 aromatic carbocycles. The second-order valence-corrected chi connectivity index (χ2v) is 6.02. The molecule has 0 aromatic rings. The third kappa shape index (κ3) is 4.46. The van der Waals surface area contributed by atoms with E-state index in [9.17, 15) is 4.79 Å². The van der Waals surface area contributed by atoms with E-state index >= 15 is 0 Å². The van der Waals surface area contributed by atoms with Gasteiger partial charge < -0.3 is 15.0 Å². The summed E-state index contributed by atoms with van der Waals surface area (Å²) in [5.41, 5.74) is 0. The van der Waals surface area contributed by atoms with Crippen LogP contribution in [0.5, 0.6) is 0 Å². The molecule has 0 aromatic heterocycles. The minimum atomic E-state index is 0.239. The number of rotatable bonds is 8. The number of nitrogens with one attached hydrogen (secondary N) is 1. The molecule has 2 saturated carbocycles. The minimum Gasteiger partial charge on any atom is -0.383 e.